The highest BCUT2D eigenvalue weighted by Gasteiger charge is 2.22. The van der Waals surface area contributed by atoms with E-state index in [9.17, 15) is 9.59 Å². The molecule has 0 aliphatic rings. The summed E-state index contributed by atoms with van der Waals surface area (Å²) in [6.07, 6.45) is 0.0748. The molecule has 2 aromatic carbocycles. The summed E-state index contributed by atoms with van der Waals surface area (Å²) in [5.41, 5.74) is 1.55. The Balaban J connectivity index is 1.99. The summed E-state index contributed by atoms with van der Waals surface area (Å²) in [5, 5.41) is 2.59. The SMILES string of the molecule is CC[C@@H](Oc1ccccc1)C(=O)N(C)Cc1ccc(C(=O)NC)cc1. The highest BCUT2D eigenvalue weighted by Crippen LogP contribution is 2.15. The average molecular weight is 340 g/mol. The molecule has 2 amide bonds. The standard InChI is InChI=1S/C20H24N2O3/c1-4-18(25-17-8-6-5-7-9-17)20(24)22(3)14-15-10-12-16(13-11-15)19(23)21-2/h5-13,18H,4,14H2,1-3H3,(H,21,23)/t18-/m1/s1. The summed E-state index contributed by atoms with van der Waals surface area (Å²) in [7, 11) is 3.35. The zero-order chi connectivity index (χ0) is 18.2. The fourth-order valence-electron chi connectivity index (χ4n) is 2.48. The van der Waals surface area contributed by atoms with E-state index in [0.717, 1.165) is 5.56 Å². The lowest BCUT2D eigenvalue weighted by Gasteiger charge is -2.24. The molecule has 1 atom stereocenters. The van der Waals surface area contributed by atoms with E-state index in [1.807, 2.05) is 49.4 Å². The van der Waals surface area contributed by atoms with Crippen LogP contribution in [0.25, 0.3) is 0 Å². The number of nitrogens with zero attached hydrogens (tertiary/aromatic N) is 1. The lowest BCUT2D eigenvalue weighted by molar-refractivity contribution is -0.138. The minimum absolute atomic E-state index is 0.0678. The van der Waals surface area contributed by atoms with E-state index in [-0.39, 0.29) is 11.8 Å². The first kappa shape index (κ1) is 18.5. The van der Waals surface area contributed by atoms with Gasteiger partial charge in [0.1, 0.15) is 5.75 Å². The summed E-state index contributed by atoms with van der Waals surface area (Å²) in [6, 6.07) is 16.6. The Hall–Kier alpha value is -2.82. The molecule has 1 N–H and O–H groups in total. The predicted molar refractivity (Wildman–Crippen MR) is 97.5 cm³/mol. The number of likely N-dealkylation sites (N-methyl/N-ethyl adjacent to an activating group) is 1. The summed E-state index contributed by atoms with van der Waals surface area (Å²) >= 11 is 0. The largest absolute Gasteiger partial charge is 0.481 e. The number of amides is 2. The number of rotatable bonds is 7. The fraction of sp³-hybridized carbons (Fsp3) is 0.300. The van der Waals surface area contributed by atoms with Gasteiger partial charge in [-0.1, -0.05) is 37.3 Å². The highest BCUT2D eigenvalue weighted by atomic mass is 16.5. The van der Waals surface area contributed by atoms with Crippen molar-refractivity contribution in [1.29, 1.82) is 0 Å². The van der Waals surface area contributed by atoms with Gasteiger partial charge in [0.15, 0.2) is 6.10 Å². The molecule has 25 heavy (non-hydrogen) atoms. The Morgan fingerprint density at radius 2 is 1.72 bits per heavy atom. The number of hydrogen-bond acceptors (Lipinski definition) is 3. The fourth-order valence-corrected chi connectivity index (χ4v) is 2.48. The number of nitrogens with one attached hydrogen (secondary N) is 1. The normalized spacial score (nSPS) is 11.5. The first-order valence-corrected chi connectivity index (χ1v) is 8.32. The summed E-state index contributed by atoms with van der Waals surface area (Å²) < 4.78 is 5.81. The quantitative estimate of drug-likeness (QED) is 0.843. The summed E-state index contributed by atoms with van der Waals surface area (Å²) in [5.74, 6) is 0.492. The molecule has 0 aromatic heterocycles. The second kappa shape index (κ2) is 8.87. The van der Waals surface area contributed by atoms with Crippen molar-refractivity contribution in [3.63, 3.8) is 0 Å². The molecule has 0 saturated carbocycles. The Morgan fingerprint density at radius 3 is 2.28 bits per heavy atom. The van der Waals surface area contributed by atoms with E-state index in [2.05, 4.69) is 5.32 Å². The molecule has 5 nitrogen and oxygen atoms in total. The first-order valence-electron chi connectivity index (χ1n) is 8.32. The van der Waals surface area contributed by atoms with E-state index >= 15 is 0 Å². The molecule has 0 spiro atoms. The molecule has 0 unspecified atom stereocenters. The number of para-hydroxylation sites is 1. The molecule has 0 aliphatic heterocycles. The van der Waals surface area contributed by atoms with Crippen LogP contribution in [-0.4, -0.2) is 36.9 Å². The molecule has 5 heteroatoms. The van der Waals surface area contributed by atoms with Gasteiger partial charge in [-0.25, -0.2) is 0 Å². The molecule has 0 aliphatic carbocycles. The first-order chi connectivity index (χ1) is 12.0. The van der Waals surface area contributed by atoms with Gasteiger partial charge in [-0.3, -0.25) is 9.59 Å². The number of carbonyl (C=O) groups excluding carboxylic acids is 2. The highest BCUT2D eigenvalue weighted by molar-refractivity contribution is 5.93. The molecule has 2 aromatic rings. The topological polar surface area (TPSA) is 58.6 Å². The Morgan fingerprint density at radius 1 is 1.08 bits per heavy atom. The van der Waals surface area contributed by atoms with Crippen molar-refractivity contribution in [2.24, 2.45) is 0 Å². The van der Waals surface area contributed by atoms with Gasteiger partial charge in [-0.05, 0) is 36.2 Å². The second-order valence-electron chi connectivity index (χ2n) is 5.80. The van der Waals surface area contributed by atoms with Gasteiger partial charge in [0.05, 0.1) is 0 Å². The minimum Gasteiger partial charge on any atom is -0.481 e. The Labute approximate surface area is 148 Å². The second-order valence-corrected chi connectivity index (χ2v) is 5.80. The van der Waals surface area contributed by atoms with Crippen LogP contribution >= 0.6 is 0 Å². The maximum atomic E-state index is 12.6. The van der Waals surface area contributed by atoms with Crippen LogP contribution in [0.5, 0.6) is 5.75 Å². The van der Waals surface area contributed by atoms with Crippen LogP contribution in [-0.2, 0) is 11.3 Å². The molecule has 0 saturated heterocycles. The molecule has 132 valence electrons. The van der Waals surface area contributed by atoms with Crippen LogP contribution < -0.4 is 10.1 Å². The summed E-state index contributed by atoms with van der Waals surface area (Å²) in [6.45, 7) is 2.39. The Bertz CT molecular complexity index is 699. The number of benzene rings is 2. The summed E-state index contributed by atoms with van der Waals surface area (Å²) in [4.78, 5) is 25.9. The van der Waals surface area contributed by atoms with E-state index in [1.54, 1.807) is 31.1 Å². The van der Waals surface area contributed by atoms with E-state index in [0.29, 0.717) is 24.3 Å². The smallest absolute Gasteiger partial charge is 0.263 e. The Kier molecular flexibility index (Phi) is 6.57. The maximum absolute atomic E-state index is 12.6. The van der Waals surface area contributed by atoms with Crippen molar-refractivity contribution in [3.8, 4) is 5.75 Å². The minimum atomic E-state index is -0.516. The third-order valence-corrected chi connectivity index (χ3v) is 3.91. The molecular weight excluding hydrogens is 316 g/mol. The van der Waals surface area contributed by atoms with Gasteiger partial charge in [0.25, 0.3) is 11.8 Å². The lowest BCUT2D eigenvalue weighted by Crippen LogP contribution is -2.39. The van der Waals surface area contributed by atoms with Crippen LogP contribution in [0.3, 0.4) is 0 Å². The van der Waals surface area contributed by atoms with Crippen LogP contribution in [0.4, 0.5) is 0 Å². The molecule has 2 rings (SSSR count). The monoisotopic (exact) mass is 340 g/mol. The van der Waals surface area contributed by atoms with Gasteiger partial charge in [0.2, 0.25) is 0 Å². The van der Waals surface area contributed by atoms with Crippen molar-refractivity contribution in [3.05, 3.63) is 65.7 Å². The van der Waals surface area contributed by atoms with Gasteiger partial charge < -0.3 is 15.0 Å². The zero-order valence-electron chi connectivity index (χ0n) is 14.9. The van der Waals surface area contributed by atoms with E-state index in [4.69, 9.17) is 4.74 Å². The zero-order valence-corrected chi connectivity index (χ0v) is 14.9. The maximum Gasteiger partial charge on any atom is 0.263 e. The third-order valence-electron chi connectivity index (χ3n) is 3.91. The predicted octanol–water partition coefficient (Wildman–Crippen LogP) is 2.86. The van der Waals surface area contributed by atoms with Crippen LogP contribution in [0.15, 0.2) is 54.6 Å². The van der Waals surface area contributed by atoms with Gasteiger partial charge in [0, 0.05) is 26.2 Å². The molecule has 0 radical (unpaired) electrons. The number of hydrogen-bond donors (Lipinski definition) is 1. The van der Waals surface area contributed by atoms with Gasteiger partial charge in [-0.2, -0.15) is 0 Å². The molecular formula is C20H24N2O3. The van der Waals surface area contributed by atoms with Crippen molar-refractivity contribution in [2.75, 3.05) is 14.1 Å². The molecule has 0 bridgehead atoms. The van der Waals surface area contributed by atoms with Crippen LogP contribution in [0, 0.1) is 0 Å². The molecule has 0 fully saturated rings. The number of carbonyl (C=O) groups is 2. The van der Waals surface area contributed by atoms with Crippen LogP contribution in [0.1, 0.15) is 29.3 Å². The van der Waals surface area contributed by atoms with Crippen LogP contribution in [0.2, 0.25) is 0 Å². The van der Waals surface area contributed by atoms with E-state index < -0.39 is 6.10 Å². The van der Waals surface area contributed by atoms with E-state index in [1.165, 1.54) is 0 Å². The molecule has 0 heterocycles. The lowest BCUT2D eigenvalue weighted by atomic mass is 10.1. The van der Waals surface area contributed by atoms with Gasteiger partial charge >= 0.3 is 0 Å². The number of ether oxygens (including phenoxy) is 1. The van der Waals surface area contributed by atoms with Crippen molar-refractivity contribution >= 4 is 11.8 Å². The van der Waals surface area contributed by atoms with Crippen molar-refractivity contribution in [1.82, 2.24) is 10.2 Å². The van der Waals surface area contributed by atoms with Gasteiger partial charge in [-0.15, -0.1) is 0 Å². The average Bonchev–Trinajstić information content (AvgIpc) is 2.66. The van der Waals surface area contributed by atoms with Crippen molar-refractivity contribution < 1.29 is 14.3 Å². The third kappa shape index (κ3) is 5.08. The van der Waals surface area contributed by atoms with Crippen molar-refractivity contribution in [2.45, 2.75) is 26.0 Å².